The first-order valence-corrected chi connectivity index (χ1v) is 7.92. The summed E-state index contributed by atoms with van der Waals surface area (Å²) in [7, 11) is 0. The molecule has 0 unspecified atom stereocenters. The van der Waals surface area contributed by atoms with Gasteiger partial charge in [0.05, 0.1) is 0 Å². The summed E-state index contributed by atoms with van der Waals surface area (Å²) < 4.78 is 5.23. The molecule has 5 nitrogen and oxygen atoms in total. The standard InChI is InChI=1S/C16H31NO4/c1-16(2,3)21-15(20)13(17)11-9-7-5-4-6-8-10-12-14(18)19/h13H,4-12,17H2,1-3H3,(H,18,19)/t13-/m1/s1. The molecule has 0 aromatic carbocycles. The Morgan fingerprint density at radius 2 is 1.48 bits per heavy atom. The van der Waals surface area contributed by atoms with Crippen molar-refractivity contribution in [3.8, 4) is 0 Å². The Labute approximate surface area is 128 Å². The van der Waals surface area contributed by atoms with Crippen LogP contribution in [0.15, 0.2) is 0 Å². The highest BCUT2D eigenvalue weighted by Gasteiger charge is 2.21. The van der Waals surface area contributed by atoms with E-state index in [0.29, 0.717) is 6.42 Å². The average Bonchev–Trinajstić information content (AvgIpc) is 2.34. The van der Waals surface area contributed by atoms with Gasteiger partial charge in [0.2, 0.25) is 0 Å². The third-order valence-electron chi connectivity index (χ3n) is 3.12. The van der Waals surface area contributed by atoms with Crippen LogP contribution in [0.2, 0.25) is 0 Å². The van der Waals surface area contributed by atoms with E-state index in [-0.39, 0.29) is 12.4 Å². The summed E-state index contributed by atoms with van der Waals surface area (Å²) >= 11 is 0. The normalized spacial score (nSPS) is 13.0. The van der Waals surface area contributed by atoms with Gasteiger partial charge in [-0.25, -0.2) is 0 Å². The molecule has 0 aromatic heterocycles. The highest BCUT2D eigenvalue weighted by Crippen LogP contribution is 2.13. The molecule has 0 bridgehead atoms. The number of carboxylic acid groups (broad SMARTS) is 1. The molecule has 1 atom stereocenters. The lowest BCUT2D eigenvalue weighted by Gasteiger charge is -2.22. The minimum absolute atomic E-state index is 0.269. The lowest BCUT2D eigenvalue weighted by Crippen LogP contribution is -2.37. The van der Waals surface area contributed by atoms with Crippen molar-refractivity contribution in [3.63, 3.8) is 0 Å². The van der Waals surface area contributed by atoms with Crippen molar-refractivity contribution in [3.05, 3.63) is 0 Å². The van der Waals surface area contributed by atoms with Crippen LogP contribution in [-0.4, -0.2) is 28.7 Å². The van der Waals surface area contributed by atoms with E-state index >= 15 is 0 Å². The Hall–Kier alpha value is -1.10. The summed E-state index contributed by atoms with van der Waals surface area (Å²) in [6.45, 7) is 5.51. The maximum atomic E-state index is 11.7. The molecule has 0 saturated heterocycles. The van der Waals surface area contributed by atoms with E-state index in [2.05, 4.69) is 0 Å². The highest BCUT2D eigenvalue weighted by atomic mass is 16.6. The van der Waals surface area contributed by atoms with Gasteiger partial charge in [-0.1, -0.05) is 38.5 Å². The molecule has 0 aliphatic rings. The van der Waals surface area contributed by atoms with Crippen LogP contribution in [0.4, 0.5) is 0 Å². The van der Waals surface area contributed by atoms with Crippen LogP contribution in [-0.2, 0) is 14.3 Å². The van der Waals surface area contributed by atoms with Crippen LogP contribution in [0.3, 0.4) is 0 Å². The molecule has 0 aliphatic carbocycles. The molecule has 0 saturated carbocycles. The van der Waals surface area contributed by atoms with Gasteiger partial charge in [-0.15, -0.1) is 0 Å². The van der Waals surface area contributed by atoms with Crippen LogP contribution in [0.5, 0.6) is 0 Å². The number of rotatable bonds is 11. The first kappa shape index (κ1) is 19.9. The van der Waals surface area contributed by atoms with Gasteiger partial charge in [-0.3, -0.25) is 9.59 Å². The van der Waals surface area contributed by atoms with E-state index < -0.39 is 17.6 Å². The zero-order valence-electron chi connectivity index (χ0n) is 13.7. The number of carbonyl (C=O) groups excluding carboxylic acids is 1. The quantitative estimate of drug-likeness (QED) is 0.451. The average molecular weight is 301 g/mol. The molecule has 0 spiro atoms. The zero-order valence-corrected chi connectivity index (χ0v) is 13.7. The van der Waals surface area contributed by atoms with Gasteiger partial charge in [-0.05, 0) is 33.6 Å². The van der Waals surface area contributed by atoms with Crippen LogP contribution in [0.25, 0.3) is 0 Å². The molecule has 0 heterocycles. The Morgan fingerprint density at radius 1 is 1.00 bits per heavy atom. The Balaban J connectivity index is 3.46. The number of carbonyl (C=O) groups is 2. The lowest BCUT2D eigenvalue weighted by atomic mass is 10.0. The van der Waals surface area contributed by atoms with Gasteiger partial charge in [0.25, 0.3) is 0 Å². The van der Waals surface area contributed by atoms with Crippen molar-refractivity contribution >= 4 is 11.9 Å². The third kappa shape index (κ3) is 13.6. The fourth-order valence-electron chi connectivity index (χ4n) is 2.02. The van der Waals surface area contributed by atoms with Crippen molar-refractivity contribution in [2.75, 3.05) is 0 Å². The second-order valence-corrected chi connectivity index (χ2v) is 6.55. The number of nitrogens with two attached hydrogens (primary N) is 1. The second kappa shape index (κ2) is 10.6. The van der Waals surface area contributed by atoms with Crippen molar-refractivity contribution in [1.29, 1.82) is 0 Å². The molecule has 0 fully saturated rings. The van der Waals surface area contributed by atoms with Gasteiger partial charge in [0.1, 0.15) is 11.6 Å². The zero-order chi connectivity index (χ0) is 16.3. The molecular formula is C16H31NO4. The van der Waals surface area contributed by atoms with Gasteiger partial charge >= 0.3 is 11.9 Å². The van der Waals surface area contributed by atoms with E-state index in [1.165, 1.54) is 0 Å². The van der Waals surface area contributed by atoms with E-state index in [9.17, 15) is 9.59 Å². The van der Waals surface area contributed by atoms with Gasteiger partial charge in [0, 0.05) is 6.42 Å². The first-order valence-electron chi connectivity index (χ1n) is 7.92. The van der Waals surface area contributed by atoms with Crippen LogP contribution >= 0.6 is 0 Å². The third-order valence-corrected chi connectivity index (χ3v) is 3.12. The monoisotopic (exact) mass is 301 g/mol. The van der Waals surface area contributed by atoms with E-state index in [4.69, 9.17) is 15.6 Å². The largest absolute Gasteiger partial charge is 0.481 e. The predicted molar refractivity (Wildman–Crippen MR) is 83.0 cm³/mol. The highest BCUT2D eigenvalue weighted by molar-refractivity contribution is 5.75. The maximum Gasteiger partial charge on any atom is 0.323 e. The Morgan fingerprint density at radius 3 is 1.95 bits per heavy atom. The van der Waals surface area contributed by atoms with Crippen molar-refractivity contribution in [2.24, 2.45) is 5.73 Å². The minimum Gasteiger partial charge on any atom is -0.481 e. The van der Waals surface area contributed by atoms with Crippen LogP contribution in [0, 0.1) is 0 Å². The Bertz CT molecular complexity index is 310. The van der Waals surface area contributed by atoms with Crippen molar-refractivity contribution in [1.82, 2.24) is 0 Å². The van der Waals surface area contributed by atoms with E-state index in [1.807, 2.05) is 20.8 Å². The number of hydrogen-bond donors (Lipinski definition) is 2. The first-order chi connectivity index (χ1) is 9.72. The molecule has 0 aromatic rings. The molecule has 124 valence electrons. The number of carboxylic acids is 1. The molecule has 5 heteroatoms. The second-order valence-electron chi connectivity index (χ2n) is 6.55. The number of aliphatic carboxylic acids is 1. The number of esters is 1. The molecule has 3 N–H and O–H groups in total. The number of unbranched alkanes of at least 4 members (excludes halogenated alkanes) is 6. The molecular weight excluding hydrogens is 270 g/mol. The SMILES string of the molecule is CC(C)(C)OC(=O)[C@H](N)CCCCCCCCCC(=O)O. The lowest BCUT2D eigenvalue weighted by molar-refractivity contribution is -0.156. The van der Waals surface area contributed by atoms with Crippen LogP contribution in [0.1, 0.15) is 78.6 Å². The summed E-state index contributed by atoms with van der Waals surface area (Å²) in [6, 6.07) is -0.528. The van der Waals surface area contributed by atoms with Crippen LogP contribution < -0.4 is 5.73 Å². The summed E-state index contributed by atoms with van der Waals surface area (Å²) in [5.41, 5.74) is 5.32. The van der Waals surface area contributed by atoms with Crippen molar-refractivity contribution < 1.29 is 19.4 Å². The van der Waals surface area contributed by atoms with Crippen molar-refractivity contribution in [2.45, 2.75) is 90.2 Å². The van der Waals surface area contributed by atoms with Gasteiger partial charge in [0.15, 0.2) is 0 Å². The summed E-state index contributed by atoms with van der Waals surface area (Å²) in [5, 5.41) is 8.50. The van der Waals surface area contributed by atoms with E-state index in [0.717, 1.165) is 44.9 Å². The molecule has 0 amide bonds. The number of ether oxygens (including phenoxy) is 1. The van der Waals surface area contributed by atoms with Gasteiger partial charge < -0.3 is 15.6 Å². The molecule has 0 radical (unpaired) electrons. The summed E-state index contributed by atoms with van der Waals surface area (Å²) in [4.78, 5) is 22.0. The summed E-state index contributed by atoms with van der Waals surface area (Å²) in [6.07, 6.45) is 7.94. The topological polar surface area (TPSA) is 89.6 Å². The molecule has 21 heavy (non-hydrogen) atoms. The fraction of sp³-hybridized carbons (Fsp3) is 0.875. The number of hydrogen-bond acceptors (Lipinski definition) is 4. The fourth-order valence-corrected chi connectivity index (χ4v) is 2.02. The minimum atomic E-state index is -0.717. The smallest absolute Gasteiger partial charge is 0.323 e. The molecule has 0 rings (SSSR count). The summed E-state index contributed by atoms with van der Waals surface area (Å²) in [5.74, 6) is -1.04. The van der Waals surface area contributed by atoms with E-state index in [1.54, 1.807) is 0 Å². The predicted octanol–water partition coefficient (Wildman–Crippen LogP) is 3.25. The Kier molecular flexibility index (Phi) is 10.0. The molecule has 0 aliphatic heterocycles. The maximum absolute atomic E-state index is 11.7. The van der Waals surface area contributed by atoms with Gasteiger partial charge in [-0.2, -0.15) is 0 Å².